The summed E-state index contributed by atoms with van der Waals surface area (Å²) in [5.74, 6) is -1.86. The zero-order valence-electron chi connectivity index (χ0n) is 9.81. The van der Waals surface area contributed by atoms with Crippen LogP contribution in [0.4, 0.5) is 14.5 Å². The fourth-order valence-electron chi connectivity index (χ4n) is 1.41. The zero-order chi connectivity index (χ0) is 13.7. The lowest BCUT2D eigenvalue weighted by atomic mass is 10.2. The van der Waals surface area contributed by atoms with Crippen LogP contribution in [0.3, 0.4) is 0 Å². The molecule has 0 aliphatic rings. The summed E-state index contributed by atoms with van der Waals surface area (Å²) in [6.07, 6.45) is 5.94. The molecular weight excluding hydrogens is 250 g/mol. The van der Waals surface area contributed by atoms with E-state index >= 15 is 0 Å². The van der Waals surface area contributed by atoms with Gasteiger partial charge in [-0.2, -0.15) is 0 Å². The summed E-state index contributed by atoms with van der Waals surface area (Å²) in [7, 11) is 0. The van der Waals surface area contributed by atoms with Gasteiger partial charge in [-0.1, -0.05) is 6.07 Å². The highest BCUT2D eigenvalue weighted by Crippen LogP contribution is 2.15. The monoisotopic (exact) mass is 260 g/mol. The van der Waals surface area contributed by atoms with Crippen LogP contribution in [0.1, 0.15) is 5.56 Å². The van der Waals surface area contributed by atoms with E-state index in [1.807, 2.05) is 0 Å². The largest absolute Gasteiger partial charge is 0.320 e. The van der Waals surface area contributed by atoms with Crippen molar-refractivity contribution in [3.63, 3.8) is 0 Å². The van der Waals surface area contributed by atoms with Crippen LogP contribution in [0.5, 0.6) is 0 Å². The Morgan fingerprint density at radius 2 is 2.11 bits per heavy atom. The van der Waals surface area contributed by atoms with Gasteiger partial charge in [0.25, 0.3) is 0 Å². The van der Waals surface area contributed by atoms with Gasteiger partial charge in [0.15, 0.2) is 0 Å². The summed E-state index contributed by atoms with van der Waals surface area (Å²) >= 11 is 0. The van der Waals surface area contributed by atoms with Crippen LogP contribution in [0, 0.1) is 11.6 Å². The van der Waals surface area contributed by atoms with Gasteiger partial charge in [0.1, 0.15) is 11.6 Å². The van der Waals surface area contributed by atoms with Crippen molar-refractivity contribution in [3.8, 4) is 0 Å². The van der Waals surface area contributed by atoms with Crippen molar-refractivity contribution < 1.29 is 13.6 Å². The molecule has 0 spiro atoms. The molecule has 1 aromatic heterocycles. The highest BCUT2D eigenvalue weighted by Gasteiger charge is 2.05. The molecule has 1 heterocycles. The molecule has 1 aromatic carbocycles. The number of amides is 1. The van der Waals surface area contributed by atoms with Gasteiger partial charge in [0.2, 0.25) is 5.91 Å². The van der Waals surface area contributed by atoms with E-state index in [0.717, 1.165) is 23.8 Å². The number of carbonyl (C=O) groups excluding carboxylic acids is 1. The molecule has 3 nitrogen and oxygen atoms in total. The van der Waals surface area contributed by atoms with Gasteiger partial charge in [-0.25, -0.2) is 8.78 Å². The molecule has 1 amide bonds. The molecule has 0 saturated heterocycles. The normalized spacial score (nSPS) is 10.6. The second-order valence-corrected chi connectivity index (χ2v) is 3.73. The lowest BCUT2D eigenvalue weighted by molar-refractivity contribution is -0.111. The lowest BCUT2D eigenvalue weighted by Gasteiger charge is -2.03. The van der Waals surface area contributed by atoms with Gasteiger partial charge in [0, 0.05) is 24.5 Å². The van der Waals surface area contributed by atoms with Gasteiger partial charge in [0.05, 0.1) is 5.69 Å². The van der Waals surface area contributed by atoms with Crippen molar-refractivity contribution in [2.45, 2.75) is 0 Å². The van der Waals surface area contributed by atoms with E-state index in [0.29, 0.717) is 0 Å². The molecule has 19 heavy (non-hydrogen) atoms. The minimum Gasteiger partial charge on any atom is -0.320 e. The molecule has 0 unspecified atom stereocenters. The third-order valence-corrected chi connectivity index (χ3v) is 2.30. The fourth-order valence-corrected chi connectivity index (χ4v) is 1.41. The summed E-state index contributed by atoms with van der Waals surface area (Å²) in [6, 6.07) is 6.35. The minimum absolute atomic E-state index is 0.194. The summed E-state index contributed by atoms with van der Waals surface area (Å²) in [4.78, 5) is 15.4. The summed E-state index contributed by atoms with van der Waals surface area (Å²) in [5, 5.41) is 2.26. The van der Waals surface area contributed by atoms with Crippen molar-refractivity contribution in [2.24, 2.45) is 0 Å². The Kier molecular flexibility index (Phi) is 3.97. The fraction of sp³-hybridized carbons (Fsp3) is 0. The zero-order valence-corrected chi connectivity index (χ0v) is 9.81. The van der Waals surface area contributed by atoms with E-state index in [4.69, 9.17) is 0 Å². The predicted molar refractivity (Wildman–Crippen MR) is 68.3 cm³/mol. The summed E-state index contributed by atoms with van der Waals surface area (Å²) < 4.78 is 26.2. The second-order valence-electron chi connectivity index (χ2n) is 3.73. The Hall–Kier alpha value is -2.56. The van der Waals surface area contributed by atoms with E-state index in [1.165, 1.54) is 12.2 Å². The first-order chi connectivity index (χ1) is 9.15. The van der Waals surface area contributed by atoms with E-state index in [1.54, 1.807) is 24.5 Å². The van der Waals surface area contributed by atoms with Crippen LogP contribution in [-0.2, 0) is 4.79 Å². The smallest absolute Gasteiger partial charge is 0.248 e. The van der Waals surface area contributed by atoms with E-state index < -0.39 is 17.5 Å². The van der Waals surface area contributed by atoms with Crippen LogP contribution in [-0.4, -0.2) is 10.9 Å². The number of hydrogen-bond donors (Lipinski definition) is 1. The average Bonchev–Trinajstić information content (AvgIpc) is 2.42. The highest BCUT2D eigenvalue weighted by molar-refractivity contribution is 6.01. The van der Waals surface area contributed by atoms with Crippen molar-refractivity contribution in [1.29, 1.82) is 0 Å². The van der Waals surface area contributed by atoms with E-state index in [-0.39, 0.29) is 5.69 Å². The third kappa shape index (κ3) is 3.70. The quantitative estimate of drug-likeness (QED) is 0.862. The predicted octanol–water partition coefficient (Wildman–Crippen LogP) is 3.01. The number of rotatable bonds is 3. The molecule has 2 rings (SSSR count). The number of carbonyl (C=O) groups is 1. The summed E-state index contributed by atoms with van der Waals surface area (Å²) in [5.41, 5.74) is 0.540. The number of halogens is 2. The first kappa shape index (κ1) is 12.9. The van der Waals surface area contributed by atoms with Gasteiger partial charge in [-0.3, -0.25) is 9.78 Å². The number of anilines is 1. The highest BCUT2D eigenvalue weighted by atomic mass is 19.1. The Morgan fingerprint density at radius 1 is 1.26 bits per heavy atom. The maximum absolute atomic E-state index is 13.3. The maximum Gasteiger partial charge on any atom is 0.248 e. The minimum atomic E-state index is -0.690. The van der Waals surface area contributed by atoms with Crippen molar-refractivity contribution in [1.82, 2.24) is 4.98 Å². The molecule has 96 valence electrons. The molecule has 0 bridgehead atoms. The topological polar surface area (TPSA) is 42.0 Å². The number of hydrogen-bond acceptors (Lipinski definition) is 2. The van der Waals surface area contributed by atoms with Gasteiger partial charge in [-0.05, 0) is 29.8 Å². The number of nitrogens with one attached hydrogen (secondary N) is 1. The SMILES string of the molecule is O=C(/C=C/c1cccnc1)Nc1cc(F)ccc1F. The molecule has 0 atom stereocenters. The molecule has 0 fully saturated rings. The first-order valence-electron chi connectivity index (χ1n) is 5.49. The Balaban J connectivity index is 2.06. The molecule has 0 aliphatic heterocycles. The number of benzene rings is 1. The van der Waals surface area contributed by atoms with Crippen LogP contribution in [0.2, 0.25) is 0 Å². The number of pyridine rings is 1. The molecule has 0 aliphatic carbocycles. The number of aromatic nitrogens is 1. The molecule has 5 heteroatoms. The van der Waals surface area contributed by atoms with Crippen LogP contribution >= 0.6 is 0 Å². The molecule has 0 saturated carbocycles. The Morgan fingerprint density at radius 3 is 2.84 bits per heavy atom. The summed E-state index contributed by atoms with van der Waals surface area (Å²) in [6.45, 7) is 0. The van der Waals surface area contributed by atoms with Gasteiger partial charge >= 0.3 is 0 Å². The molecule has 1 N–H and O–H groups in total. The van der Waals surface area contributed by atoms with Crippen molar-refractivity contribution in [2.75, 3.05) is 5.32 Å². The van der Waals surface area contributed by atoms with Gasteiger partial charge in [-0.15, -0.1) is 0 Å². The Bertz CT molecular complexity index is 612. The van der Waals surface area contributed by atoms with Crippen LogP contribution in [0.15, 0.2) is 48.8 Å². The Labute approximate surface area is 108 Å². The van der Waals surface area contributed by atoms with Crippen LogP contribution in [0.25, 0.3) is 6.08 Å². The number of nitrogens with zero attached hydrogens (tertiary/aromatic N) is 1. The van der Waals surface area contributed by atoms with Gasteiger partial charge < -0.3 is 5.32 Å². The van der Waals surface area contributed by atoms with E-state index in [2.05, 4.69) is 10.3 Å². The maximum atomic E-state index is 13.3. The molecular formula is C14H10F2N2O. The van der Waals surface area contributed by atoms with Crippen molar-refractivity contribution >= 4 is 17.7 Å². The standard InChI is InChI=1S/C14H10F2N2O/c15-11-4-5-12(16)13(8-11)18-14(19)6-3-10-2-1-7-17-9-10/h1-9H,(H,18,19)/b6-3+. The van der Waals surface area contributed by atoms with Crippen LogP contribution < -0.4 is 5.32 Å². The molecule has 2 aromatic rings. The molecule has 0 radical (unpaired) electrons. The average molecular weight is 260 g/mol. The van der Waals surface area contributed by atoms with Crippen molar-refractivity contribution in [3.05, 3.63) is 66.0 Å². The van der Waals surface area contributed by atoms with E-state index in [9.17, 15) is 13.6 Å². The third-order valence-electron chi connectivity index (χ3n) is 2.30. The lowest BCUT2D eigenvalue weighted by Crippen LogP contribution is -2.09. The first-order valence-corrected chi connectivity index (χ1v) is 5.49. The second kappa shape index (κ2) is 5.86.